The molecular formula is C16H16BrFN2O. The first-order chi connectivity index (χ1) is 10.0. The summed E-state index contributed by atoms with van der Waals surface area (Å²) in [5, 5.41) is 2.85. The van der Waals surface area contributed by atoms with Gasteiger partial charge in [0.25, 0.3) is 5.91 Å². The Bertz CT molecular complexity index is 673. The number of benzene rings is 2. The van der Waals surface area contributed by atoms with Gasteiger partial charge in [0.05, 0.1) is 11.3 Å². The van der Waals surface area contributed by atoms with Crippen LogP contribution in [-0.4, -0.2) is 5.91 Å². The van der Waals surface area contributed by atoms with E-state index < -0.39 is 5.82 Å². The largest absolute Gasteiger partial charge is 0.396 e. The smallest absolute Gasteiger partial charge is 0.256 e. The molecule has 0 atom stereocenters. The van der Waals surface area contributed by atoms with Crippen molar-refractivity contribution in [2.75, 3.05) is 11.1 Å². The quantitative estimate of drug-likeness (QED) is 0.804. The van der Waals surface area contributed by atoms with Gasteiger partial charge in [0, 0.05) is 10.2 Å². The van der Waals surface area contributed by atoms with E-state index in [2.05, 4.69) is 28.2 Å². The highest BCUT2D eigenvalue weighted by Crippen LogP contribution is 2.25. The van der Waals surface area contributed by atoms with Crippen molar-refractivity contribution in [2.45, 2.75) is 19.8 Å². The second kappa shape index (κ2) is 6.72. The van der Waals surface area contributed by atoms with Crippen molar-refractivity contribution in [3.8, 4) is 0 Å². The third-order valence-electron chi connectivity index (χ3n) is 3.12. The van der Waals surface area contributed by atoms with E-state index in [1.165, 1.54) is 12.1 Å². The molecule has 0 saturated heterocycles. The molecule has 0 fully saturated rings. The van der Waals surface area contributed by atoms with Gasteiger partial charge >= 0.3 is 0 Å². The minimum atomic E-state index is -0.551. The summed E-state index contributed by atoms with van der Waals surface area (Å²) in [6.45, 7) is 2.08. The number of hydrogen-bond donors (Lipinski definition) is 2. The molecule has 2 aromatic carbocycles. The SMILES string of the molecule is CCCc1ccccc1NC(=O)c1cc(N)c(F)cc1Br. The minimum absolute atomic E-state index is 0.0507. The summed E-state index contributed by atoms with van der Waals surface area (Å²) in [6, 6.07) is 10.2. The van der Waals surface area contributed by atoms with E-state index in [9.17, 15) is 9.18 Å². The summed E-state index contributed by atoms with van der Waals surface area (Å²) in [6.07, 6.45) is 1.86. The molecule has 0 heterocycles. The molecule has 0 aliphatic heterocycles. The lowest BCUT2D eigenvalue weighted by Crippen LogP contribution is -2.14. The number of nitrogens with two attached hydrogens (primary N) is 1. The van der Waals surface area contributed by atoms with Crippen molar-refractivity contribution in [3.63, 3.8) is 0 Å². The number of para-hydroxylation sites is 1. The number of nitrogen functional groups attached to an aromatic ring is 1. The van der Waals surface area contributed by atoms with Crippen LogP contribution < -0.4 is 11.1 Å². The van der Waals surface area contributed by atoms with Gasteiger partial charge < -0.3 is 11.1 Å². The molecule has 0 unspecified atom stereocenters. The van der Waals surface area contributed by atoms with Gasteiger partial charge in [0.1, 0.15) is 5.82 Å². The summed E-state index contributed by atoms with van der Waals surface area (Å²) in [5.41, 5.74) is 7.61. The maximum absolute atomic E-state index is 13.3. The van der Waals surface area contributed by atoms with Crippen molar-refractivity contribution < 1.29 is 9.18 Å². The Morgan fingerprint density at radius 1 is 1.33 bits per heavy atom. The molecule has 0 aliphatic rings. The van der Waals surface area contributed by atoms with E-state index in [-0.39, 0.29) is 11.6 Å². The van der Waals surface area contributed by atoms with Crippen molar-refractivity contribution >= 4 is 33.2 Å². The zero-order chi connectivity index (χ0) is 15.4. The predicted molar refractivity (Wildman–Crippen MR) is 86.9 cm³/mol. The van der Waals surface area contributed by atoms with Crippen molar-refractivity contribution in [3.05, 3.63) is 57.8 Å². The molecular weight excluding hydrogens is 335 g/mol. The van der Waals surface area contributed by atoms with Crippen LogP contribution in [0.25, 0.3) is 0 Å². The van der Waals surface area contributed by atoms with Crippen LogP contribution >= 0.6 is 15.9 Å². The fourth-order valence-electron chi connectivity index (χ4n) is 2.06. The maximum Gasteiger partial charge on any atom is 0.256 e. The Morgan fingerprint density at radius 2 is 2.05 bits per heavy atom. The number of carbonyl (C=O) groups is 1. The lowest BCUT2D eigenvalue weighted by molar-refractivity contribution is 0.102. The number of amides is 1. The Labute approximate surface area is 131 Å². The highest BCUT2D eigenvalue weighted by molar-refractivity contribution is 9.10. The standard InChI is InChI=1S/C16H16BrFN2O/c1-2-5-10-6-3-4-7-15(10)20-16(21)11-8-14(19)13(18)9-12(11)17/h3-4,6-9H,2,5,19H2,1H3,(H,20,21). The molecule has 0 radical (unpaired) electrons. The maximum atomic E-state index is 13.3. The first kappa shape index (κ1) is 15.5. The molecule has 2 aromatic rings. The van der Waals surface area contributed by atoms with Gasteiger partial charge in [-0.05, 0) is 46.1 Å². The predicted octanol–water partition coefficient (Wildman–Crippen LogP) is 4.38. The summed E-state index contributed by atoms with van der Waals surface area (Å²) >= 11 is 3.19. The van der Waals surface area contributed by atoms with E-state index in [0.717, 1.165) is 24.1 Å². The zero-order valence-corrected chi connectivity index (χ0v) is 13.2. The van der Waals surface area contributed by atoms with Crippen LogP contribution in [0.3, 0.4) is 0 Å². The van der Waals surface area contributed by atoms with Crippen LogP contribution in [0.15, 0.2) is 40.9 Å². The van der Waals surface area contributed by atoms with Gasteiger partial charge in [0.15, 0.2) is 0 Å². The number of hydrogen-bond acceptors (Lipinski definition) is 2. The minimum Gasteiger partial charge on any atom is -0.396 e. The number of rotatable bonds is 4. The molecule has 1 amide bonds. The van der Waals surface area contributed by atoms with Crippen molar-refractivity contribution in [2.24, 2.45) is 0 Å². The highest BCUT2D eigenvalue weighted by atomic mass is 79.9. The van der Waals surface area contributed by atoms with Crippen LogP contribution in [0.1, 0.15) is 29.3 Å². The van der Waals surface area contributed by atoms with Crippen molar-refractivity contribution in [1.82, 2.24) is 0 Å². The zero-order valence-electron chi connectivity index (χ0n) is 11.6. The number of carbonyl (C=O) groups excluding carboxylic acids is 1. The fourth-order valence-corrected chi connectivity index (χ4v) is 2.55. The van der Waals surface area contributed by atoms with E-state index >= 15 is 0 Å². The second-order valence-electron chi connectivity index (χ2n) is 4.71. The van der Waals surface area contributed by atoms with Crippen LogP contribution in [-0.2, 0) is 6.42 Å². The molecule has 0 aromatic heterocycles. The molecule has 110 valence electrons. The third-order valence-corrected chi connectivity index (χ3v) is 3.77. The van der Waals surface area contributed by atoms with E-state index in [1.807, 2.05) is 24.3 Å². The molecule has 2 rings (SSSR count). The summed E-state index contributed by atoms with van der Waals surface area (Å²) in [5.74, 6) is -0.873. The molecule has 3 N–H and O–H groups in total. The average molecular weight is 351 g/mol. The average Bonchev–Trinajstić information content (AvgIpc) is 2.45. The van der Waals surface area contributed by atoms with Crippen LogP contribution in [0.2, 0.25) is 0 Å². The fraction of sp³-hybridized carbons (Fsp3) is 0.188. The van der Waals surface area contributed by atoms with E-state index in [4.69, 9.17) is 5.73 Å². The molecule has 0 spiro atoms. The molecule has 0 saturated carbocycles. The lowest BCUT2D eigenvalue weighted by Gasteiger charge is -2.12. The van der Waals surface area contributed by atoms with Crippen LogP contribution in [0, 0.1) is 5.82 Å². The van der Waals surface area contributed by atoms with Gasteiger partial charge in [-0.15, -0.1) is 0 Å². The van der Waals surface area contributed by atoms with E-state index in [1.54, 1.807) is 0 Å². The molecule has 3 nitrogen and oxygen atoms in total. The van der Waals surface area contributed by atoms with Crippen molar-refractivity contribution in [1.29, 1.82) is 0 Å². The van der Waals surface area contributed by atoms with Gasteiger partial charge in [-0.1, -0.05) is 31.5 Å². The topological polar surface area (TPSA) is 55.1 Å². The Balaban J connectivity index is 2.28. The Kier molecular flexibility index (Phi) is 4.96. The first-order valence-electron chi connectivity index (χ1n) is 6.66. The van der Waals surface area contributed by atoms with Gasteiger partial charge in [-0.2, -0.15) is 0 Å². The number of nitrogens with one attached hydrogen (secondary N) is 1. The number of aryl methyl sites for hydroxylation is 1. The normalized spacial score (nSPS) is 10.4. The Morgan fingerprint density at radius 3 is 2.76 bits per heavy atom. The van der Waals surface area contributed by atoms with E-state index in [0.29, 0.717) is 10.0 Å². The lowest BCUT2D eigenvalue weighted by atomic mass is 10.1. The molecule has 21 heavy (non-hydrogen) atoms. The summed E-state index contributed by atoms with van der Waals surface area (Å²) in [7, 11) is 0. The highest BCUT2D eigenvalue weighted by Gasteiger charge is 2.14. The molecule has 0 bridgehead atoms. The third kappa shape index (κ3) is 3.61. The number of anilines is 2. The Hall–Kier alpha value is -1.88. The summed E-state index contributed by atoms with van der Waals surface area (Å²) < 4.78 is 13.7. The van der Waals surface area contributed by atoms with Crippen LogP contribution in [0.5, 0.6) is 0 Å². The second-order valence-corrected chi connectivity index (χ2v) is 5.57. The summed E-state index contributed by atoms with van der Waals surface area (Å²) in [4.78, 5) is 12.3. The first-order valence-corrected chi connectivity index (χ1v) is 7.46. The molecule has 5 heteroatoms. The van der Waals surface area contributed by atoms with Gasteiger partial charge in [0.2, 0.25) is 0 Å². The monoisotopic (exact) mass is 350 g/mol. The van der Waals surface area contributed by atoms with Crippen LogP contribution in [0.4, 0.5) is 15.8 Å². The molecule has 0 aliphatic carbocycles. The van der Waals surface area contributed by atoms with Gasteiger partial charge in [-0.3, -0.25) is 4.79 Å². The number of halogens is 2. The van der Waals surface area contributed by atoms with Gasteiger partial charge in [-0.25, -0.2) is 4.39 Å².